The normalized spacial score (nSPS) is 21.9. The molecule has 2 aliphatic heterocycles. The lowest BCUT2D eigenvalue weighted by molar-refractivity contribution is 0.131. The number of ether oxygens (including phenoxy) is 1. The molecule has 0 amide bonds. The quantitative estimate of drug-likeness (QED) is 0.546. The number of anilines is 2. The average molecular weight is 481 g/mol. The summed E-state index contributed by atoms with van der Waals surface area (Å²) in [7, 11) is 0. The van der Waals surface area contributed by atoms with E-state index in [0.29, 0.717) is 36.3 Å². The highest BCUT2D eigenvalue weighted by Crippen LogP contribution is 2.31. The highest BCUT2D eigenvalue weighted by atomic mass is 19.1. The Hall–Kier alpha value is -3.20. The van der Waals surface area contributed by atoms with E-state index in [1.54, 1.807) is 30.8 Å². The lowest BCUT2D eigenvalue weighted by Crippen LogP contribution is -2.38. The van der Waals surface area contributed by atoms with Crippen LogP contribution in [0.3, 0.4) is 0 Å². The third-order valence-corrected chi connectivity index (χ3v) is 7.26. The molecule has 2 aliphatic rings. The van der Waals surface area contributed by atoms with Crippen LogP contribution in [0.1, 0.15) is 43.9 Å². The Morgan fingerprint density at radius 3 is 2.57 bits per heavy atom. The molecule has 2 N–H and O–H groups in total. The van der Waals surface area contributed by atoms with E-state index < -0.39 is 0 Å². The van der Waals surface area contributed by atoms with Crippen LogP contribution < -0.4 is 20.3 Å². The van der Waals surface area contributed by atoms with Crippen LogP contribution in [0.15, 0.2) is 47.3 Å². The molecule has 4 heterocycles. The van der Waals surface area contributed by atoms with Crippen LogP contribution in [-0.4, -0.2) is 53.3 Å². The second-order valence-corrected chi connectivity index (χ2v) is 9.54. The van der Waals surface area contributed by atoms with E-state index in [4.69, 9.17) is 14.9 Å². The summed E-state index contributed by atoms with van der Waals surface area (Å²) >= 11 is 0. The van der Waals surface area contributed by atoms with Gasteiger partial charge in [0, 0.05) is 38.1 Å². The molecule has 186 valence electrons. The Morgan fingerprint density at radius 2 is 1.89 bits per heavy atom. The summed E-state index contributed by atoms with van der Waals surface area (Å²) in [5.74, 6) is 1.37. The Bertz CT molecular complexity index is 1120. The maximum Gasteiger partial charge on any atom is 0.297 e. The summed E-state index contributed by atoms with van der Waals surface area (Å²) < 4.78 is 26.1. The second-order valence-electron chi connectivity index (χ2n) is 9.54. The molecule has 5 rings (SSSR count). The number of nitrogens with zero attached hydrogens (tertiary/aromatic N) is 5. The number of hydrogen-bond acceptors (Lipinski definition) is 8. The van der Waals surface area contributed by atoms with E-state index in [0.717, 1.165) is 44.1 Å². The Kier molecular flexibility index (Phi) is 6.86. The largest absolute Gasteiger partial charge is 0.487 e. The summed E-state index contributed by atoms with van der Waals surface area (Å²) in [6.07, 6.45) is 8.12. The molecule has 0 radical (unpaired) electrons. The van der Waals surface area contributed by atoms with E-state index >= 15 is 0 Å². The minimum absolute atomic E-state index is 0.0491. The first kappa shape index (κ1) is 23.5. The fraction of sp³-hybridized carbons (Fsp3) is 0.500. The first-order valence-electron chi connectivity index (χ1n) is 12.4. The highest BCUT2D eigenvalue weighted by molar-refractivity contribution is 5.38. The summed E-state index contributed by atoms with van der Waals surface area (Å²) in [6.45, 7) is 7.14. The van der Waals surface area contributed by atoms with Crippen LogP contribution in [0.4, 0.5) is 16.4 Å². The van der Waals surface area contributed by atoms with Crippen molar-refractivity contribution in [3.05, 3.63) is 60.0 Å². The number of rotatable bonds is 7. The third kappa shape index (κ3) is 5.10. The molecule has 0 aliphatic carbocycles. The zero-order chi connectivity index (χ0) is 24.4. The molecule has 3 atom stereocenters. The molecule has 2 saturated heterocycles. The maximum absolute atomic E-state index is 14.3. The Morgan fingerprint density at radius 1 is 1.14 bits per heavy atom. The van der Waals surface area contributed by atoms with Gasteiger partial charge < -0.3 is 24.7 Å². The molecule has 2 aromatic heterocycles. The summed E-state index contributed by atoms with van der Waals surface area (Å²) in [4.78, 5) is 17.8. The molecule has 1 aromatic carbocycles. The van der Waals surface area contributed by atoms with Gasteiger partial charge in [-0.2, -0.15) is 4.98 Å². The predicted octanol–water partition coefficient (Wildman–Crippen LogP) is 3.78. The number of piperidine rings is 1. The summed E-state index contributed by atoms with van der Waals surface area (Å²) in [5.41, 5.74) is 7.98. The third-order valence-electron chi connectivity index (χ3n) is 7.26. The zero-order valence-corrected chi connectivity index (χ0v) is 20.3. The smallest absolute Gasteiger partial charge is 0.297 e. The minimum atomic E-state index is -0.217. The fourth-order valence-corrected chi connectivity index (χ4v) is 5.11. The molecule has 0 bridgehead atoms. The van der Waals surface area contributed by atoms with E-state index in [2.05, 4.69) is 33.7 Å². The molecule has 8 nitrogen and oxygen atoms in total. The molecule has 35 heavy (non-hydrogen) atoms. The summed E-state index contributed by atoms with van der Waals surface area (Å²) in [5, 5.41) is 0. The average Bonchev–Trinajstić information content (AvgIpc) is 3.52. The number of nitrogens with two attached hydrogens (primary N) is 1. The molecule has 0 spiro atoms. The molecule has 9 heteroatoms. The number of aromatic nitrogens is 3. The van der Waals surface area contributed by atoms with E-state index in [1.807, 2.05) is 11.0 Å². The van der Waals surface area contributed by atoms with Crippen molar-refractivity contribution in [2.75, 3.05) is 36.0 Å². The van der Waals surface area contributed by atoms with Gasteiger partial charge >= 0.3 is 0 Å². The van der Waals surface area contributed by atoms with Gasteiger partial charge in [-0.25, -0.2) is 14.4 Å². The van der Waals surface area contributed by atoms with Gasteiger partial charge in [0.05, 0.1) is 24.2 Å². The molecule has 3 unspecified atom stereocenters. The van der Waals surface area contributed by atoms with E-state index in [1.165, 1.54) is 6.07 Å². The lowest BCUT2D eigenvalue weighted by Gasteiger charge is -2.34. The van der Waals surface area contributed by atoms with Crippen molar-refractivity contribution >= 4 is 12.0 Å². The van der Waals surface area contributed by atoms with Crippen molar-refractivity contribution in [1.82, 2.24) is 15.0 Å². The Balaban J connectivity index is 1.14. The fourth-order valence-electron chi connectivity index (χ4n) is 5.11. The topological polar surface area (TPSA) is 93.5 Å². The van der Waals surface area contributed by atoms with Crippen molar-refractivity contribution in [3.63, 3.8) is 0 Å². The van der Waals surface area contributed by atoms with Crippen LogP contribution in [0, 0.1) is 11.7 Å². The Labute approximate surface area is 205 Å². The number of aryl methyl sites for hydroxylation is 1. The minimum Gasteiger partial charge on any atom is -0.487 e. The highest BCUT2D eigenvalue weighted by Gasteiger charge is 2.34. The van der Waals surface area contributed by atoms with E-state index in [-0.39, 0.29) is 23.9 Å². The number of benzene rings is 1. The first-order chi connectivity index (χ1) is 17.0. The molecule has 2 fully saturated rings. The van der Waals surface area contributed by atoms with Gasteiger partial charge in [0.25, 0.3) is 6.01 Å². The van der Waals surface area contributed by atoms with Gasteiger partial charge in [0.2, 0.25) is 5.95 Å². The van der Waals surface area contributed by atoms with Crippen molar-refractivity contribution in [1.29, 1.82) is 0 Å². The second kappa shape index (κ2) is 10.2. The van der Waals surface area contributed by atoms with Crippen molar-refractivity contribution < 1.29 is 13.5 Å². The number of oxazole rings is 1. The van der Waals surface area contributed by atoms with Gasteiger partial charge in [-0.3, -0.25) is 0 Å². The summed E-state index contributed by atoms with van der Waals surface area (Å²) in [6, 6.07) is 7.37. The monoisotopic (exact) mass is 480 g/mol. The predicted molar refractivity (Wildman–Crippen MR) is 132 cm³/mol. The SMILES string of the molecule is CCc1coc(N2CCC(C(C)Oc3cnc(N4CC(N)C(c5ccccc5F)C4)nc3)CC2)n1. The van der Waals surface area contributed by atoms with Gasteiger partial charge in [-0.1, -0.05) is 25.1 Å². The first-order valence-corrected chi connectivity index (χ1v) is 12.4. The number of hydrogen-bond donors (Lipinski definition) is 1. The van der Waals surface area contributed by atoms with Gasteiger partial charge in [-0.15, -0.1) is 0 Å². The van der Waals surface area contributed by atoms with Crippen molar-refractivity contribution in [3.8, 4) is 5.75 Å². The molecule has 3 aromatic rings. The number of halogens is 1. The van der Waals surface area contributed by atoms with Crippen molar-refractivity contribution in [2.24, 2.45) is 11.7 Å². The van der Waals surface area contributed by atoms with Crippen LogP contribution in [0.5, 0.6) is 5.75 Å². The van der Waals surface area contributed by atoms with Crippen LogP contribution in [-0.2, 0) is 6.42 Å². The molecule has 0 saturated carbocycles. The standard InChI is InChI=1S/C26H33FN6O2/c1-3-19-16-34-26(31-19)32-10-8-18(9-11-32)17(2)35-20-12-29-25(30-13-20)33-14-22(24(28)15-33)21-6-4-5-7-23(21)27/h4-7,12-13,16-18,22,24H,3,8-11,14-15,28H2,1-2H3. The van der Waals surface area contributed by atoms with Gasteiger partial charge in [0.15, 0.2) is 5.75 Å². The van der Waals surface area contributed by atoms with Gasteiger partial charge in [0.1, 0.15) is 12.1 Å². The molecular formula is C26H33FN6O2. The van der Waals surface area contributed by atoms with Crippen LogP contribution in [0.25, 0.3) is 0 Å². The zero-order valence-electron chi connectivity index (χ0n) is 20.3. The molecular weight excluding hydrogens is 447 g/mol. The van der Waals surface area contributed by atoms with E-state index in [9.17, 15) is 4.39 Å². The van der Waals surface area contributed by atoms with Crippen LogP contribution in [0.2, 0.25) is 0 Å². The maximum atomic E-state index is 14.3. The van der Waals surface area contributed by atoms with Crippen LogP contribution >= 0.6 is 0 Å². The van der Waals surface area contributed by atoms with Crippen molar-refractivity contribution in [2.45, 2.75) is 51.2 Å². The lowest BCUT2D eigenvalue weighted by atomic mass is 9.92. The van der Waals surface area contributed by atoms with Gasteiger partial charge in [-0.05, 0) is 43.7 Å².